The van der Waals surface area contributed by atoms with Gasteiger partial charge < -0.3 is 18.9 Å². The standard InChI is InChI=1S/C42H78O10/c1-5-7-9-11-17-23-29-39-47-41(51-49-39)31-25-19-13-15-21-27-37(43)45-34-36(33-35(3)4)46-38(44)28-22-16-14-20-26-32-42-48-40(50-52-42)30-24-18-12-10-8-6-2/h35-36,39-42H,5-34H2,1-4H3. The molecule has 0 aromatic carbocycles. The highest BCUT2D eigenvalue weighted by Crippen LogP contribution is 2.25. The molecule has 2 rings (SSSR count). The molecule has 2 aliphatic heterocycles. The lowest BCUT2D eigenvalue weighted by molar-refractivity contribution is -0.298. The molecule has 2 saturated heterocycles. The summed E-state index contributed by atoms with van der Waals surface area (Å²) >= 11 is 0. The minimum atomic E-state index is -0.399. The maximum Gasteiger partial charge on any atom is 0.306 e. The zero-order chi connectivity index (χ0) is 37.5. The first-order valence-electron chi connectivity index (χ1n) is 21.7. The topological polar surface area (TPSA) is 108 Å². The molecular weight excluding hydrogens is 664 g/mol. The Hall–Kier alpha value is -1.30. The zero-order valence-electron chi connectivity index (χ0n) is 33.8. The molecule has 0 radical (unpaired) electrons. The largest absolute Gasteiger partial charge is 0.462 e. The quantitative estimate of drug-likeness (QED) is 0.0354. The fourth-order valence-corrected chi connectivity index (χ4v) is 6.72. The van der Waals surface area contributed by atoms with Crippen molar-refractivity contribution in [3.8, 4) is 0 Å². The van der Waals surface area contributed by atoms with Crippen molar-refractivity contribution in [2.45, 2.75) is 245 Å². The van der Waals surface area contributed by atoms with E-state index < -0.39 is 6.10 Å². The number of carbonyl (C=O) groups is 2. The van der Waals surface area contributed by atoms with Crippen LogP contribution in [0.2, 0.25) is 0 Å². The number of hydrogen-bond acceptors (Lipinski definition) is 10. The summed E-state index contributed by atoms with van der Waals surface area (Å²) in [6.45, 7) is 8.76. The number of carbonyl (C=O) groups excluding carboxylic acids is 2. The first kappa shape index (κ1) is 46.9. The van der Waals surface area contributed by atoms with Gasteiger partial charge >= 0.3 is 11.9 Å². The molecule has 10 heteroatoms. The van der Waals surface area contributed by atoms with E-state index in [1.54, 1.807) is 0 Å². The van der Waals surface area contributed by atoms with E-state index in [0.29, 0.717) is 25.2 Å². The summed E-state index contributed by atoms with van der Waals surface area (Å²) in [4.78, 5) is 46.4. The van der Waals surface area contributed by atoms with Crippen LogP contribution in [0.15, 0.2) is 0 Å². The molecule has 5 unspecified atom stereocenters. The minimum Gasteiger partial charge on any atom is -0.462 e. The third-order valence-electron chi connectivity index (χ3n) is 9.84. The van der Waals surface area contributed by atoms with E-state index in [2.05, 4.69) is 27.7 Å². The second kappa shape index (κ2) is 32.0. The molecule has 0 saturated carbocycles. The molecule has 2 fully saturated rings. The normalized spacial score (nSPS) is 20.9. The lowest BCUT2D eigenvalue weighted by Gasteiger charge is -2.20. The van der Waals surface area contributed by atoms with Crippen LogP contribution in [0.1, 0.15) is 214 Å². The highest BCUT2D eigenvalue weighted by molar-refractivity contribution is 5.70. The number of hydrogen-bond donors (Lipinski definition) is 0. The summed E-state index contributed by atoms with van der Waals surface area (Å²) < 4.78 is 23.0. The Balaban J connectivity index is 1.41. The van der Waals surface area contributed by atoms with Crippen molar-refractivity contribution in [1.29, 1.82) is 0 Å². The average molecular weight is 743 g/mol. The van der Waals surface area contributed by atoms with Gasteiger partial charge in [0, 0.05) is 38.5 Å². The predicted octanol–water partition coefficient (Wildman–Crippen LogP) is 11.7. The average Bonchev–Trinajstić information content (AvgIpc) is 3.78. The molecule has 2 heterocycles. The lowest BCUT2D eigenvalue weighted by Crippen LogP contribution is -2.26. The molecule has 0 aliphatic carbocycles. The first-order chi connectivity index (χ1) is 25.4. The molecule has 0 N–H and O–H groups in total. The van der Waals surface area contributed by atoms with Gasteiger partial charge in [-0.25, -0.2) is 19.6 Å². The number of esters is 2. The van der Waals surface area contributed by atoms with Crippen molar-refractivity contribution < 1.29 is 48.1 Å². The smallest absolute Gasteiger partial charge is 0.306 e. The van der Waals surface area contributed by atoms with E-state index in [1.807, 2.05) is 0 Å². The monoisotopic (exact) mass is 743 g/mol. The summed E-state index contributed by atoms with van der Waals surface area (Å²) in [7, 11) is 0. The van der Waals surface area contributed by atoms with E-state index in [9.17, 15) is 9.59 Å². The van der Waals surface area contributed by atoms with E-state index in [-0.39, 0.29) is 43.7 Å². The van der Waals surface area contributed by atoms with Gasteiger partial charge in [0.05, 0.1) is 0 Å². The SMILES string of the molecule is CCCCCCCCC1OOC(CCCCCCCC(=O)OCC(CC(C)C)OC(=O)CCCCCCCC2OOC(CCCCCCCC)O2)O1. The van der Waals surface area contributed by atoms with Crippen molar-refractivity contribution in [3.63, 3.8) is 0 Å². The maximum atomic E-state index is 12.6. The summed E-state index contributed by atoms with van der Waals surface area (Å²) in [5.74, 6) is -0.103. The van der Waals surface area contributed by atoms with Crippen LogP contribution in [-0.4, -0.2) is 49.8 Å². The van der Waals surface area contributed by atoms with E-state index in [4.69, 9.17) is 38.5 Å². The van der Waals surface area contributed by atoms with Crippen LogP contribution in [0.25, 0.3) is 0 Å². The Labute approximate surface area is 317 Å². The minimum absolute atomic E-state index is 0.126. The lowest BCUT2D eigenvalue weighted by atomic mass is 10.1. The number of unbranched alkanes of at least 4 members (excludes halogenated alkanes) is 18. The molecule has 0 aromatic heterocycles. The molecular formula is C42H78O10. The van der Waals surface area contributed by atoms with E-state index in [0.717, 1.165) is 103 Å². The first-order valence-corrected chi connectivity index (χ1v) is 21.7. The van der Waals surface area contributed by atoms with Gasteiger partial charge in [0.15, 0.2) is 25.2 Å². The number of ether oxygens (including phenoxy) is 4. The summed E-state index contributed by atoms with van der Waals surface area (Å²) in [6, 6.07) is 0. The predicted molar refractivity (Wildman–Crippen MR) is 203 cm³/mol. The van der Waals surface area contributed by atoms with Gasteiger partial charge in [0.1, 0.15) is 12.7 Å². The molecule has 0 bridgehead atoms. The molecule has 10 nitrogen and oxygen atoms in total. The van der Waals surface area contributed by atoms with Crippen molar-refractivity contribution in [3.05, 3.63) is 0 Å². The Morgan fingerprint density at radius 1 is 0.481 bits per heavy atom. The maximum absolute atomic E-state index is 12.6. The van der Waals surface area contributed by atoms with Crippen LogP contribution in [0, 0.1) is 5.92 Å². The van der Waals surface area contributed by atoms with Crippen molar-refractivity contribution >= 4 is 11.9 Å². The van der Waals surface area contributed by atoms with Crippen LogP contribution >= 0.6 is 0 Å². The Morgan fingerprint density at radius 3 is 1.21 bits per heavy atom. The van der Waals surface area contributed by atoms with Gasteiger partial charge in [-0.05, 0) is 50.9 Å². The summed E-state index contributed by atoms with van der Waals surface area (Å²) in [6.07, 6.45) is 28.3. The summed E-state index contributed by atoms with van der Waals surface area (Å²) in [5, 5.41) is 0. The molecule has 0 amide bonds. The molecule has 0 aromatic rings. The Bertz CT molecular complexity index is 855. The fourth-order valence-electron chi connectivity index (χ4n) is 6.72. The van der Waals surface area contributed by atoms with Crippen molar-refractivity contribution in [1.82, 2.24) is 0 Å². The van der Waals surface area contributed by atoms with E-state index >= 15 is 0 Å². The molecule has 5 atom stereocenters. The third-order valence-corrected chi connectivity index (χ3v) is 9.84. The van der Waals surface area contributed by atoms with Crippen LogP contribution in [0.5, 0.6) is 0 Å². The van der Waals surface area contributed by atoms with Gasteiger partial charge in [0.2, 0.25) is 0 Å². The second-order valence-electron chi connectivity index (χ2n) is 15.5. The van der Waals surface area contributed by atoms with Gasteiger partial charge in [-0.1, -0.05) is 130 Å². The van der Waals surface area contributed by atoms with Crippen LogP contribution < -0.4 is 0 Å². The van der Waals surface area contributed by atoms with Gasteiger partial charge in [-0.2, -0.15) is 0 Å². The van der Waals surface area contributed by atoms with Crippen molar-refractivity contribution in [2.24, 2.45) is 5.92 Å². The molecule has 306 valence electrons. The summed E-state index contributed by atoms with van der Waals surface area (Å²) in [5.41, 5.74) is 0. The zero-order valence-corrected chi connectivity index (χ0v) is 33.8. The molecule has 52 heavy (non-hydrogen) atoms. The van der Waals surface area contributed by atoms with Gasteiger partial charge in [-0.15, -0.1) is 0 Å². The number of rotatable bonds is 35. The van der Waals surface area contributed by atoms with Crippen LogP contribution in [0.4, 0.5) is 0 Å². The Kier molecular flexibility index (Phi) is 28.8. The van der Waals surface area contributed by atoms with E-state index in [1.165, 1.54) is 64.2 Å². The second-order valence-corrected chi connectivity index (χ2v) is 15.5. The van der Waals surface area contributed by atoms with Crippen molar-refractivity contribution in [2.75, 3.05) is 6.61 Å². The van der Waals surface area contributed by atoms with Gasteiger partial charge in [0.25, 0.3) is 0 Å². The molecule has 0 spiro atoms. The third kappa shape index (κ3) is 25.7. The highest BCUT2D eigenvalue weighted by Gasteiger charge is 2.28. The Morgan fingerprint density at radius 2 is 0.827 bits per heavy atom. The van der Waals surface area contributed by atoms with Crippen LogP contribution in [0.3, 0.4) is 0 Å². The molecule has 2 aliphatic rings. The van der Waals surface area contributed by atoms with Crippen LogP contribution in [-0.2, 0) is 48.1 Å². The fraction of sp³-hybridized carbons (Fsp3) is 0.952. The highest BCUT2D eigenvalue weighted by atomic mass is 17.3. The van der Waals surface area contributed by atoms with Gasteiger partial charge in [-0.3, -0.25) is 9.59 Å².